The van der Waals surface area contributed by atoms with E-state index < -0.39 is 14.9 Å². The predicted octanol–water partition coefficient (Wildman–Crippen LogP) is 2.13. The van der Waals surface area contributed by atoms with Crippen LogP contribution < -0.4 is 4.90 Å². The molecule has 1 amide bonds. The van der Waals surface area contributed by atoms with E-state index in [0.29, 0.717) is 50.5 Å². The molecule has 10 heteroatoms. The maximum Gasteiger partial charge on any atom is 0.273 e. The van der Waals surface area contributed by atoms with Crippen molar-refractivity contribution in [3.63, 3.8) is 0 Å². The zero-order valence-electron chi connectivity index (χ0n) is 16.4. The van der Waals surface area contributed by atoms with Gasteiger partial charge in [-0.1, -0.05) is 6.07 Å². The number of anilines is 1. The number of carbonyl (C=O) groups excluding carboxylic acids is 1. The van der Waals surface area contributed by atoms with Crippen LogP contribution in [-0.4, -0.2) is 56.4 Å². The first-order chi connectivity index (χ1) is 14.3. The molecule has 2 heterocycles. The van der Waals surface area contributed by atoms with Crippen LogP contribution in [0.25, 0.3) is 0 Å². The van der Waals surface area contributed by atoms with E-state index in [4.69, 9.17) is 4.74 Å². The number of ether oxygens (including phenoxy) is 1. The average Bonchev–Trinajstić information content (AvgIpc) is 3.17. The lowest BCUT2D eigenvalue weighted by molar-refractivity contribution is -0.385. The third-order valence-corrected chi connectivity index (χ3v) is 7.35. The Labute approximate surface area is 174 Å². The zero-order chi connectivity index (χ0) is 21.5. The second-order valence-electron chi connectivity index (χ2n) is 7.27. The van der Waals surface area contributed by atoms with Crippen LogP contribution >= 0.6 is 0 Å². The number of nitro benzene ring substituents is 1. The van der Waals surface area contributed by atoms with Crippen LogP contribution in [0.2, 0.25) is 0 Å². The van der Waals surface area contributed by atoms with Gasteiger partial charge in [-0.05, 0) is 43.2 Å². The standard InChI is InChI=1S/C20H21N3O6S/c1-14-2-3-16(13-19(14)23(25)26)20(24)22-7-6-15-12-17(4-5-18(15)22)30(27,28)21-8-10-29-11-9-21/h2-5,12-13H,6-11H2,1H3. The van der Waals surface area contributed by atoms with Crippen LogP contribution in [0, 0.1) is 17.0 Å². The van der Waals surface area contributed by atoms with E-state index >= 15 is 0 Å². The van der Waals surface area contributed by atoms with E-state index in [9.17, 15) is 23.3 Å². The number of amides is 1. The first kappa shape index (κ1) is 20.5. The normalized spacial score (nSPS) is 17.0. The molecule has 30 heavy (non-hydrogen) atoms. The van der Waals surface area contributed by atoms with Gasteiger partial charge < -0.3 is 9.64 Å². The topological polar surface area (TPSA) is 110 Å². The van der Waals surface area contributed by atoms with Crippen molar-refractivity contribution in [1.29, 1.82) is 0 Å². The van der Waals surface area contributed by atoms with E-state index in [1.165, 1.54) is 21.3 Å². The Hall–Kier alpha value is -2.82. The lowest BCUT2D eigenvalue weighted by atomic mass is 10.1. The van der Waals surface area contributed by atoms with Crippen molar-refractivity contribution >= 4 is 27.3 Å². The molecule has 2 aliphatic heterocycles. The summed E-state index contributed by atoms with van der Waals surface area (Å²) in [5, 5.41) is 11.2. The minimum absolute atomic E-state index is 0.104. The molecule has 0 unspecified atom stereocenters. The minimum Gasteiger partial charge on any atom is -0.379 e. The van der Waals surface area contributed by atoms with Crippen molar-refractivity contribution in [2.75, 3.05) is 37.7 Å². The number of aryl methyl sites for hydroxylation is 1. The SMILES string of the molecule is Cc1ccc(C(=O)N2CCc3cc(S(=O)(=O)N4CCOCC4)ccc32)cc1[N+](=O)[O-]. The lowest BCUT2D eigenvalue weighted by Gasteiger charge is -2.26. The summed E-state index contributed by atoms with van der Waals surface area (Å²) in [6, 6.07) is 9.17. The smallest absolute Gasteiger partial charge is 0.273 e. The zero-order valence-corrected chi connectivity index (χ0v) is 17.2. The van der Waals surface area contributed by atoms with Crippen LogP contribution in [0.1, 0.15) is 21.5 Å². The van der Waals surface area contributed by atoms with Crippen LogP contribution in [0.4, 0.5) is 11.4 Å². The molecule has 1 saturated heterocycles. The molecule has 0 aromatic heterocycles. The van der Waals surface area contributed by atoms with Gasteiger partial charge in [-0.25, -0.2) is 8.42 Å². The van der Waals surface area contributed by atoms with Crippen molar-refractivity contribution in [2.24, 2.45) is 0 Å². The Balaban J connectivity index is 1.62. The number of hydrogen-bond acceptors (Lipinski definition) is 6. The molecule has 1 fully saturated rings. The maximum atomic E-state index is 13.0. The Bertz CT molecular complexity index is 1130. The number of nitrogens with zero attached hydrogens (tertiary/aromatic N) is 3. The van der Waals surface area contributed by atoms with E-state index in [1.54, 1.807) is 31.2 Å². The first-order valence-electron chi connectivity index (χ1n) is 9.57. The van der Waals surface area contributed by atoms with Crippen LogP contribution in [0.15, 0.2) is 41.3 Å². The van der Waals surface area contributed by atoms with Crippen molar-refractivity contribution < 1.29 is 22.9 Å². The number of hydrogen-bond donors (Lipinski definition) is 0. The fourth-order valence-electron chi connectivity index (χ4n) is 3.78. The third kappa shape index (κ3) is 3.57. The number of benzene rings is 2. The molecule has 0 saturated carbocycles. The molecule has 2 aromatic rings. The summed E-state index contributed by atoms with van der Waals surface area (Å²) < 4.78 is 32.4. The van der Waals surface area contributed by atoms with Gasteiger partial charge >= 0.3 is 0 Å². The van der Waals surface area contributed by atoms with E-state index in [1.807, 2.05) is 0 Å². The molecule has 158 valence electrons. The van der Waals surface area contributed by atoms with Gasteiger partial charge in [0.2, 0.25) is 10.0 Å². The van der Waals surface area contributed by atoms with Gasteiger partial charge in [-0.2, -0.15) is 4.31 Å². The summed E-state index contributed by atoms with van der Waals surface area (Å²) in [6.07, 6.45) is 0.515. The van der Waals surface area contributed by atoms with Gasteiger partial charge in [0.25, 0.3) is 11.6 Å². The Morgan fingerprint density at radius 2 is 1.83 bits per heavy atom. The number of rotatable bonds is 4. The molecule has 0 aliphatic carbocycles. The largest absolute Gasteiger partial charge is 0.379 e. The number of nitro groups is 1. The molecule has 4 rings (SSSR count). The van der Waals surface area contributed by atoms with Crippen molar-refractivity contribution in [2.45, 2.75) is 18.2 Å². The highest BCUT2D eigenvalue weighted by Crippen LogP contribution is 2.33. The Morgan fingerprint density at radius 1 is 1.10 bits per heavy atom. The number of morpholine rings is 1. The highest BCUT2D eigenvalue weighted by atomic mass is 32.2. The van der Waals surface area contributed by atoms with Gasteiger partial charge in [-0.3, -0.25) is 14.9 Å². The molecular formula is C20H21N3O6S. The maximum absolute atomic E-state index is 13.0. The van der Waals surface area contributed by atoms with E-state index in [-0.39, 0.29) is 22.1 Å². The van der Waals surface area contributed by atoms with Crippen molar-refractivity contribution in [3.05, 3.63) is 63.2 Å². The van der Waals surface area contributed by atoms with Crippen molar-refractivity contribution in [3.8, 4) is 0 Å². The van der Waals surface area contributed by atoms with Gasteiger partial charge in [0.15, 0.2) is 0 Å². The first-order valence-corrected chi connectivity index (χ1v) is 11.0. The summed E-state index contributed by atoms with van der Waals surface area (Å²) in [7, 11) is -3.62. The third-order valence-electron chi connectivity index (χ3n) is 5.45. The Morgan fingerprint density at radius 3 is 2.53 bits per heavy atom. The Kier molecular flexibility index (Phi) is 5.31. The molecule has 2 aliphatic rings. The van der Waals surface area contributed by atoms with E-state index in [2.05, 4.69) is 0 Å². The molecule has 0 radical (unpaired) electrons. The van der Waals surface area contributed by atoms with Gasteiger partial charge in [0, 0.05) is 42.5 Å². The van der Waals surface area contributed by atoms with Crippen LogP contribution in [0.5, 0.6) is 0 Å². The summed E-state index contributed by atoms with van der Waals surface area (Å²) >= 11 is 0. The molecular weight excluding hydrogens is 410 g/mol. The summed E-state index contributed by atoms with van der Waals surface area (Å²) in [4.78, 5) is 25.4. The number of carbonyl (C=O) groups is 1. The summed E-state index contributed by atoms with van der Waals surface area (Å²) in [5.74, 6) is -0.347. The average molecular weight is 431 g/mol. The molecule has 2 aromatic carbocycles. The second-order valence-corrected chi connectivity index (χ2v) is 9.21. The summed E-state index contributed by atoms with van der Waals surface area (Å²) in [5.41, 5.74) is 2.00. The molecule has 0 spiro atoms. The van der Waals surface area contributed by atoms with Crippen molar-refractivity contribution in [1.82, 2.24) is 4.31 Å². The number of sulfonamides is 1. The van der Waals surface area contributed by atoms with Gasteiger partial charge in [0.05, 0.1) is 23.0 Å². The molecule has 0 atom stereocenters. The van der Waals surface area contributed by atoms with Crippen LogP contribution in [0.3, 0.4) is 0 Å². The quantitative estimate of drug-likeness (QED) is 0.542. The predicted molar refractivity (Wildman–Crippen MR) is 109 cm³/mol. The van der Waals surface area contributed by atoms with Gasteiger partial charge in [0.1, 0.15) is 0 Å². The second kappa shape index (κ2) is 7.78. The highest BCUT2D eigenvalue weighted by Gasteiger charge is 2.31. The minimum atomic E-state index is -3.62. The van der Waals surface area contributed by atoms with E-state index in [0.717, 1.165) is 5.56 Å². The highest BCUT2D eigenvalue weighted by molar-refractivity contribution is 7.89. The fraction of sp³-hybridized carbons (Fsp3) is 0.350. The monoisotopic (exact) mass is 431 g/mol. The number of fused-ring (bicyclic) bond motifs is 1. The van der Waals surface area contributed by atoms with Crippen LogP contribution in [-0.2, 0) is 21.2 Å². The lowest BCUT2D eigenvalue weighted by Crippen LogP contribution is -2.40. The molecule has 0 N–H and O–H groups in total. The molecule has 0 bridgehead atoms. The molecule has 9 nitrogen and oxygen atoms in total. The summed E-state index contributed by atoms with van der Waals surface area (Å²) in [6.45, 7) is 3.38. The fourth-order valence-corrected chi connectivity index (χ4v) is 5.24. The van der Waals surface area contributed by atoms with Gasteiger partial charge in [-0.15, -0.1) is 0 Å².